The Morgan fingerprint density at radius 1 is 1.03 bits per heavy atom. The first-order valence-corrected chi connectivity index (χ1v) is 12.9. The van der Waals surface area contributed by atoms with Gasteiger partial charge in [0.05, 0.1) is 5.56 Å². The van der Waals surface area contributed by atoms with Crippen molar-refractivity contribution in [3.63, 3.8) is 0 Å². The quantitative estimate of drug-likeness (QED) is 0.380. The van der Waals surface area contributed by atoms with E-state index in [1.54, 1.807) is 24.4 Å². The fourth-order valence-electron chi connectivity index (χ4n) is 4.40. The summed E-state index contributed by atoms with van der Waals surface area (Å²) in [7, 11) is 2.15. The molecule has 1 amide bonds. The monoisotopic (exact) mass is 524 g/mol. The fourth-order valence-corrected chi connectivity index (χ4v) is 4.58. The van der Waals surface area contributed by atoms with Crippen molar-refractivity contribution < 1.29 is 4.79 Å². The third kappa shape index (κ3) is 5.95. The molecule has 1 saturated heterocycles. The Hall–Kier alpha value is -3.96. The average Bonchev–Trinajstić information content (AvgIpc) is 2.91. The maximum Gasteiger partial charge on any atom is 0.256 e. The van der Waals surface area contributed by atoms with Crippen molar-refractivity contribution >= 4 is 39.9 Å². The molecule has 3 N–H and O–H groups in total. The molecule has 0 aliphatic carbocycles. The largest absolute Gasteiger partial charge is 0.383 e. The number of carbonyl (C=O) groups is 1. The number of benzene rings is 2. The van der Waals surface area contributed by atoms with Gasteiger partial charge in [-0.15, -0.1) is 0 Å². The van der Waals surface area contributed by atoms with Crippen LogP contribution in [0.2, 0.25) is 5.02 Å². The molecular formula is C30H29ClN6O. The summed E-state index contributed by atoms with van der Waals surface area (Å²) >= 11 is 6.20. The first-order valence-electron chi connectivity index (χ1n) is 12.5. The molecule has 0 bridgehead atoms. The second-order valence-electron chi connectivity index (χ2n) is 9.61. The number of nitrogen functional groups attached to an aromatic ring is 1. The number of piperazine rings is 1. The lowest BCUT2D eigenvalue weighted by Gasteiger charge is -2.32. The van der Waals surface area contributed by atoms with Crippen molar-refractivity contribution in [3.05, 3.63) is 93.8 Å². The minimum atomic E-state index is -0.245. The summed E-state index contributed by atoms with van der Waals surface area (Å²) in [5, 5.41) is 5.23. The lowest BCUT2D eigenvalue weighted by atomic mass is 10.0. The van der Waals surface area contributed by atoms with E-state index >= 15 is 0 Å². The number of likely N-dealkylation sites (N-methyl/N-ethyl adjacent to an activating group) is 1. The standard InChI is InChI=1S/C30H29ClN6O/c1-20-3-5-23(15-22(20)7-9-26-27-16-25(31)8-6-24(27)18-34-29(26)32)30(38)35-28-10-4-21(17-33-28)19-37-13-11-36(2)12-14-37/h3-6,8,10,15-18H,11-14,19H2,1-2H3,(H2,32,34)(H,33,35,38). The van der Waals surface area contributed by atoms with Crippen LogP contribution >= 0.6 is 11.6 Å². The zero-order valence-electron chi connectivity index (χ0n) is 21.5. The van der Waals surface area contributed by atoms with E-state index in [0.29, 0.717) is 27.8 Å². The van der Waals surface area contributed by atoms with Crippen molar-refractivity contribution in [2.75, 3.05) is 44.3 Å². The van der Waals surface area contributed by atoms with Gasteiger partial charge in [0.1, 0.15) is 11.6 Å². The maximum atomic E-state index is 13.0. The van der Waals surface area contributed by atoms with E-state index in [2.05, 4.69) is 44.0 Å². The third-order valence-electron chi connectivity index (χ3n) is 6.77. The number of hydrogen-bond donors (Lipinski definition) is 2. The predicted molar refractivity (Wildman–Crippen MR) is 153 cm³/mol. The average molecular weight is 525 g/mol. The Labute approximate surface area is 227 Å². The number of carbonyl (C=O) groups excluding carboxylic acids is 1. The first kappa shape index (κ1) is 25.7. The molecular weight excluding hydrogens is 496 g/mol. The summed E-state index contributed by atoms with van der Waals surface area (Å²) in [6.45, 7) is 7.05. The molecule has 0 spiro atoms. The third-order valence-corrected chi connectivity index (χ3v) is 7.01. The van der Waals surface area contributed by atoms with Crippen LogP contribution in [0.5, 0.6) is 0 Å². The van der Waals surface area contributed by atoms with Gasteiger partial charge in [-0.2, -0.15) is 0 Å². The van der Waals surface area contributed by atoms with E-state index < -0.39 is 0 Å². The summed E-state index contributed by atoms with van der Waals surface area (Å²) in [6, 6.07) is 14.8. The Balaban J connectivity index is 1.31. The van der Waals surface area contributed by atoms with Crippen LogP contribution in [-0.2, 0) is 6.54 Å². The highest BCUT2D eigenvalue weighted by atomic mass is 35.5. The molecule has 3 heterocycles. The van der Waals surface area contributed by atoms with Crippen LogP contribution in [0.3, 0.4) is 0 Å². The molecule has 0 unspecified atom stereocenters. The van der Waals surface area contributed by atoms with Gasteiger partial charge in [0, 0.05) is 72.0 Å². The molecule has 1 fully saturated rings. The lowest BCUT2D eigenvalue weighted by molar-refractivity contribution is 0.102. The Bertz CT molecular complexity index is 1540. The molecule has 5 rings (SSSR count). The zero-order chi connectivity index (χ0) is 26.6. The van der Waals surface area contributed by atoms with Crippen LogP contribution in [0.15, 0.2) is 60.9 Å². The second-order valence-corrected chi connectivity index (χ2v) is 10.1. The van der Waals surface area contributed by atoms with Crippen LogP contribution in [0.1, 0.15) is 32.6 Å². The number of fused-ring (bicyclic) bond motifs is 1. The molecule has 0 saturated carbocycles. The van der Waals surface area contributed by atoms with Gasteiger partial charge in [-0.3, -0.25) is 9.69 Å². The molecule has 0 radical (unpaired) electrons. The number of pyridine rings is 2. The van der Waals surface area contributed by atoms with Crippen LogP contribution in [0, 0.1) is 18.8 Å². The van der Waals surface area contributed by atoms with Gasteiger partial charge in [-0.05, 0) is 55.4 Å². The number of nitrogens with zero attached hydrogens (tertiary/aromatic N) is 4. The summed E-state index contributed by atoms with van der Waals surface area (Å²) < 4.78 is 0. The number of aryl methyl sites for hydroxylation is 1. The lowest BCUT2D eigenvalue weighted by Crippen LogP contribution is -2.43. The Morgan fingerprint density at radius 3 is 2.61 bits per heavy atom. The van der Waals surface area contributed by atoms with E-state index in [1.807, 2.05) is 43.5 Å². The van der Waals surface area contributed by atoms with E-state index in [4.69, 9.17) is 17.3 Å². The smallest absolute Gasteiger partial charge is 0.256 e. The highest BCUT2D eigenvalue weighted by Crippen LogP contribution is 2.25. The summed E-state index contributed by atoms with van der Waals surface area (Å²) in [6.07, 6.45) is 3.53. The minimum absolute atomic E-state index is 0.245. The highest BCUT2D eigenvalue weighted by Gasteiger charge is 2.14. The van der Waals surface area contributed by atoms with E-state index in [-0.39, 0.29) is 5.91 Å². The van der Waals surface area contributed by atoms with Crippen LogP contribution in [0.4, 0.5) is 11.6 Å². The number of aromatic nitrogens is 2. The molecule has 2 aromatic carbocycles. The Kier molecular flexibility index (Phi) is 7.57. The van der Waals surface area contributed by atoms with Gasteiger partial charge in [0.2, 0.25) is 0 Å². The predicted octanol–water partition coefficient (Wildman–Crippen LogP) is 4.57. The number of anilines is 2. The number of nitrogens with two attached hydrogens (primary N) is 1. The van der Waals surface area contributed by atoms with Gasteiger partial charge < -0.3 is 16.0 Å². The number of amides is 1. The van der Waals surface area contributed by atoms with E-state index in [1.165, 1.54) is 0 Å². The number of rotatable bonds is 4. The Morgan fingerprint density at radius 2 is 1.84 bits per heavy atom. The van der Waals surface area contributed by atoms with E-state index in [0.717, 1.165) is 60.2 Å². The molecule has 1 aliphatic heterocycles. The molecule has 1 aliphatic rings. The van der Waals surface area contributed by atoms with Gasteiger partial charge in [0.25, 0.3) is 5.91 Å². The normalized spacial score (nSPS) is 14.2. The van der Waals surface area contributed by atoms with Crippen LogP contribution < -0.4 is 11.1 Å². The van der Waals surface area contributed by atoms with Crippen molar-refractivity contribution in [2.45, 2.75) is 13.5 Å². The van der Waals surface area contributed by atoms with Crippen molar-refractivity contribution in [3.8, 4) is 11.8 Å². The highest BCUT2D eigenvalue weighted by molar-refractivity contribution is 6.31. The van der Waals surface area contributed by atoms with Gasteiger partial charge >= 0.3 is 0 Å². The van der Waals surface area contributed by atoms with E-state index in [9.17, 15) is 4.79 Å². The molecule has 2 aromatic heterocycles. The van der Waals surface area contributed by atoms with Gasteiger partial charge in [0.15, 0.2) is 0 Å². The summed E-state index contributed by atoms with van der Waals surface area (Å²) in [5.41, 5.74) is 10.1. The van der Waals surface area contributed by atoms with Crippen molar-refractivity contribution in [2.24, 2.45) is 0 Å². The number of hydrogen-bond acceptors (Lipinski definition) is 6. The SMILES string of the molecule is Cc1ccc(C(=O)Nc2ccc(CN3CCN(C)CC3)cn2)cc1C#Cc1c(N)ncc2ccc(Cl)cc12. The zero-order valence-corrected chi connectivity index (χ0v) is 22.2. The van der Waals surface area contributed by atoms with Crippen LogP contribution in [-0.4, -0.2) is 58.9 Å². The molecule has 4 aromatic rings. The molecule has 192 valence electrons. The summed E-state index contributed by atoms with van der Waals surface area (Å²) in [4.78, 5) is 26.5. The fraction of sp³-hybridized carbons (Fsp3) is 0.233. The summed E-state index contributed by atoms with van der Waals surface area (Å²) in [5.74, 6) is 6.92. The van der Waals surface area contributed by atoms with Crippen molar-refractivity contribution in [1.82, 2.24) is 19.8 Å². The first-order chi connectivity index (χ1) is 18.4. The number of nitrogens with one attached hydrogen (secondary N) is 1. The molecule has 0 atom stereocenters. The number of halogens is 1. The van der Waals surface area contributed by atoms with Gasteiger partial charge in [-0.25, -0.2) is 9.97 Å². The minimum Gasteiger partial charge on any atom is -0.383 e. The van der Waals surface area contributed by atoms with Crippen molar-refractivity contribution in [1.29, 1.82) is 0 Å². The maximum absolute atomic E-state index is 13.0. The van der Waals surface area contributed by atoms with Crippen LogP contribution in [0.25, 0.3) is 10.8 Å². The topological polar surface area (TPSA) is 87.4 Å². The molecule has 38 heavy (non-hydrogen) atoms. The molecule has 8 heteroatoms. The molecule has 7 nitrogen and oxygen atoms in total. The second kappa shape index (κ2) is 11.2. The van der Waals surface area contributed by atoms with Gasteiger partial charge in [-0.1, -0.05) is 41.6 Å².